The minimum absolute atomic E-state index is 0.108. The van der Waals surface area contributed by atoms with E-state index in [2.05, 4.69) is 32.0 Å². The summed E-state index contributed by atoms with van der Waals surface area (Å²) in [7, 11) is 0. The second-order valence-corrected chi connectivity index (χ2v) is 5.25. The van der Waals surface area contributed by atoms with Crippen molar-refractivity contribution < 1.29 is 9.90 Å². The number of carbonyl (C=O) groups is 1. The molecular weight excluding hydrogens is 238 g/mol. The second kappa shape index (κ2) is 4.92. The first kappa shape index (κ1) is 13.4. The zero-order chi connectivity index (χ0) is 14.2. The van der Waals surface area contributed by atoms with Crippen LogP contribution in [0.15, 0.2) is 30.3 Å². The number of rotatable bonds is 3. The summed E-state index contributed by atoms with van der Waals surface area (Å²) in [6.45, 7) is 8.10. The first-order valence-corrected chi connectivity index (χ1v) is 6.43. The fourth-order valence-electron chi connectivity index (χ4n) is 2.54. The van der Waals surface area contributed by atoms with Crippen LogP contribution in [0.2, 0.25) is 0 Å². The smallest absolute Gasteiger partial charge is 0.352 e. The van der Waals surface area contributed by atoms with Crippen LogP contribution in [0.3, 0.4) is 0 Å². The van der Waals surface area contributed by atoms with Crippen LogP contribution in [-0.4, -0.2) is 15.6 Å². The highest BCUT2D eigenvalue weighted by molar-refractivity contribution is 5.87. The molecule has 3 nitrogen and oxygen atoms in total. The molecule has 1 aromatic heterocycles. The number of benzene rings is 1. The van der Waals surface area contributed by atoms with Gasteiger partial charge in [-0.05, 0) is 57.5 Å². The van der Waals surface area contributed by atoms with Crippen molar-refractivity contribution in [3.8, 4) is 11.3 Å². The van der Waals surface area contributed by atoms with Gasteiger partial charge in [0.2, 0.25) is 0 Å². The standard InChI is InChI=1S/C16H19NO2/c1-10(2)17-14(5-6-15(17)16(18)19)13-8-11(3)7-12(4)9-13/h5-10H,1-4H3,(H,18,19). The quantitative estimate of drug-likeness (QED) is 0.901. The van der Waals surface area contributed by atoms with Gasteiger partial charge in [0.15, 0.2) is 0 Å². The van der Waals surface area contributed by atoms with Crippen LogP contribution in [0.4, 0.5) is 0 Å². The normalized spacial score (nSPS) is 11.0. The number of aromatic carboxylic acids is 1. The number of carboxylic acid groups (broad SMARTS) is 1. The van der Waals surface area contributed by atoms with E-state index in [1.54, 1.807) is 6.07 Å². The molecule has 0 radical (unpaired) electrons. The highest BCUT2D eigenvalue weighted by Crippen LogP contribution is 2.28. The molecule has 0 aliphatic heterocycles. The molecule has 0 aliphatic rings. The molecule has 100 valence electrons. The Morgan fingerprint density at radius 3 is 2.16 bits per heavy atom. The minimum atomic E-state index is -0.885. The van der Waals surface area contributed by atoms with Crippen LogP contribution in [-0.2, 0) is 0 Å². The summed E-state index contributed by atoms with van der Waals surface area (Å²) in [6, 6.07) is 9.97. The van der Waals surface area contributed by atoms with Crippen molar-refractivity contribution in [2.45, 2.75) is 33.7 Å². The summed E-state index contributed by atoms with van der Waals surface area (Å²) in [6.07, 6.45) is 0. The molecule has 0 spiro atoms. The van der Waals surface area contributed by atoms with Crippen molar-refractivity contribution in [2.75, 3.05) is 0 Å². The highest BCUT2D eigenvalue weighted by atomic mass is 16.4. The Labute approximate surface area is 113 Å². The number of carboxylic acids is 1. The molecule has 3 heteroatoms. The van der Waals surface area contributed by atoms with E-state index in [9.17, 15) is 9.90 Å². The number of aryl methyl sites for hydroxylation is 2. The van der Waals surface area contributed by atoms with Gasteiger partial charge in [0.25, 0.3) is 0 Å². The second-order valence-electron chi connectivity index (χ2n) is 5.25. The summed E-state index contributed by atoms with van der Waals surface area (Å²) >= 11 is 0. The minimum Gasteiger partial charge on any atom is -0.477 e. The van der Waals surface area contributed by atoms with Gasteiger partial charge >= 0.3 is 5.97 Å². The number of hydrogen-bond donors (Lipinski definition) is 1. The maximum atomic E-state index is 11.3. The zero-order valence-electron chi connectivity index (χ0n) is 11.8. The molecule has 2 rings (SSSR count). The van der Waals surface area contributed by atoms with E-state index < -0.39 is 5.97 Å². The van der Waals surface area contributed by atoms with Gasteiger partial charge in [-0.2, -0.15) is 0 Å². The lowest BCUT2D eigenvalue weighted by Crippen LogP contribution is -2.11. The predicted molar refractivity (Wildman–Crippen MR) is 76.7 cm³/mol. The molecule has 0 bridgehead atoms. The Bertz CT molecular complexity index is 603. The van der Waals surface area contributed by atoms with Crippen molar-refractivity contribution >= 4 is 5.97 Å². The highest BCUT2D eigenvalue weighted by Gasteiger charge is 2.17. The topological polar surface area (TPSA) is 42.2 Å². The third kappa shape index (κ3) is 2.55. The van der Waals surface area contributed by atoms with Crippen LogP contribution >= 0.6 is 0 Å². The molecule has 1 aromatic carbocycles. The van der Waals surface area contributed by atoms with E-state index in [0.29, 0.717) is 5.69 Å². The molecule has 19 heavy (non-hydrogen) atoms. The molecule has 0 aliphatic carbocycles. The molecule has 0 saturated carbocycles. The molecular formula is C16H19NO2. The van der Waals surface area contributed by atoms with E-state index in [0.717, 1.165) is 11.3 Å². The maximum absolute atomic E-state index is 11.3. The van der Waals surface area contributed by atoms with Gasteiger partial charge in [0, 0.05) is 11.7 Å². The van der Waals surface area contributed by atoms with Gasteiger partial charge in [-0.3, -0.25) is 0 Å². The SMILES string of the molecule is Cc1cc(C)cc(-c2ccc(C(=O)O)n2C(C)C)c1. The van der Waals surface area contributed by atoms with Crippen molar-refractivity contribution in [2.24, 2.45) is 0 Å². The number of aromatic nitrogens is 1. The monoisotopic (exact) mass is 257 g/mol. The predicted octanol–water partition coefficient (Wildman–Crippen LogP) is 4.05. The summed E-state index contributed by atoms with van der Waals surface area (Å²) in [5, 5.41) is 9.26. The molecule has 0 unspecified atom stereocenters. The van der Waals surface area contributed by atoms with Gasteiger partial charge in [0.1, 0.15) is 5.69 Å². The van der Waals surface area contributed by atoms with E-state index in [1.165, 1.54) is 11.1 Å². The lowest BCUT2D eigenvalue weighted by atomic mass is 10.0. The van der Waals surface area contributed by atoms with Crippen molar-refractivity contribution in [1.29, 1.82) is 0 Å². The van der Waals surface area contributed by atoms with Gasteiger partial charge in [-0.15, -0.1) is 0 Å². The van der Waals surface area contributed by atoms with Crippen LogP contribution in [0.5, 0.6) is 0 Å². The lowest BCUT2D eigenvalue weighted by Gasteiger charge is -2.16. The van der Waals surface area contributed by atoms with Crippen molar-refractivity contribution in [3.63, 3.8) is 0 Å². The molecule has 1 heterocycles. The Morgan fingerprint density at radius 1 is 1.11 bits per heavy atom. The maximum Gasteiger partial charge on any atom is 0.352 e. The Morgan fingerprint density at radius 2 is 1.68 bits per heavy atom. The first-order chi connectivity index (χ1) is 8.90. The fraction of sp³-hybridized carbons (Fsp3) is 0.312. The van der Waals surface area contributed by atoms with E-state index in [-0.39, 0.29) is 6.04 Å². The third-order valence-corrected chi connectivity index (χ3v) is 3.17. The third-order valence-electron chi connectivity index (χ3n) is 3.17. The Hall–Kier alpha value is -2.03. The van der Waals surface area contributed by atoms with Gasteiger partial charge in [-0.25, -0.2) is 4.79 Å². The van der Waals surface area contributed by atoms with E-state index >= 15 is 0 Å². The van der Waals surface area contributed by atoms with Gasteiger partial charge in [-0.1, -0.05) is 17.2 Å². The van der Waals surface area contributed by atoms with Crippen molar-refractivity contribution in [1.82, 2.24) is 4.57 Å². The summed E-state index contributed by atoms with van der Waals surface area (Å²) in [5.74, 6) is -0.885. The molecule has 1 N–H and O–H groups in total. The Balaban J connectivity index is 2.65. The molecule has 0 amide bonds. The summed E-state index contributed by atoms with van der Waals surface area (Å²) < 4.78 is 1.87. The van der Waals surface area contributed by atoms with Crippen LogP contribution in [0.1, 0.15) is 41.5 Å². The fourth-order valence-corrected chi connectivity index (χ4v) is 2.54. The van der Waals surface area contributed by atoms with Gasteiger partial charge < -0.3 is 9.67 Å². The Kier molecular flexibility index (Phi) is 3.47. The van der Waals surface area contributed by atoms with Crippen LogP contribution < -0.4 is 0 Å². The number of hydrogen-bond acceptors (Lipinski definition) is 1. The zero-order valence-corrected chi connectivity index (χ0v) is 11.8. The average molecular weight is 257 g/mol. The molecule has 0 saturated heterocycles. The first-order valence-electron chi connectivity index (χ1n) is 6.43. The van der Waals surface area contributed by atoms with Gasteiger partial charge in [0.05, 0.1) is 0 Å². The van der Waals surface area contributed by atoms with E-state index in [4.69, 9.17) is 0 Å². The molecule has 0 fully saturated rings. The summed E-state index contributed by atoms with van der Waals surface area (Å²) in [4.78, 5) is 11.3. The molecule has 0 atom stereocenters. The van der Waals surface area contributed by atoms with Crippen molar-refractivity contribution in [3.05, 3.63) is 47.2 Å². The summed E-state index contributed by atoms with van der Waals surface area (Å²) in [5.41, 5.74) is 4.73. The number of nitrogens with zero attached hydrogens (tertiary/aromatic N) is 1. The van der Waals surface area contributed by atoms with E-state index in [1.807, 2.05) is 24.5 Å². The lowest BCUT2D eigenvalue weighted by molar-refractivity contribution is 0.0683. The average Bonchev–Trinajstić information content (AvgIpc) is 2.71. The van der Waals surface area contributed by atoms with Crippen LogP contribution in [0.25, 0.3) is 11.3 Å². The largest absolute Gasteiger partial charge is 0.477 e. The van der Waals surface area contributed by atoms with Crippen LogP contribution in [0, 0.1) is 13.8 Å². The molecule has 2 aromatic rings.